The molecule has 0 saturated heterocycles. The fourth-order valence-corrected chi connectivity index (χ4v) is 0.904. The smallest absolute Gasteiger partial charge is 0.409 e. The minimum Gasteiger partial charge on any atom is -0.479 e. The molecule has 0 saturated carbocycles. The quantitative estimate of drug-likeness (QED) is 0.557. The van der Waals surface area contributed by atoms with E-state index in [1.54, 1.807) is 20.8 Å². The van der Waals surface area contributed by atoms with E-state index in [-0.39, 0.29) is 0 Å². The second-order valence-corrected chi connectivity index (χ2v) is 4.55. The van der Waals surface area contributed by atoms with Crippen LogP contribution in [0.3, 0.4) is 0 Å². The molecule has 0 heterocycles. The Morgan fingerprint density at radius 1 is 1.12 bits per heavy atom. The third kappa shape index (κ3) is 4.29. The maximum absolute atomic E-state index is 11.4. The number of hydrogen-bond acceptors (Lipinski definition) is 5. The molecule has 0 rings (SSSR count). The SMILES string of the molecule is COC(=O)[C@](C)(NC(=O)OC(C)(C)C)C(=O)O. The number of hydrogen-bond donors (Lipinski definition) is 2. The van der Waals surface area contributed by atoms with Crippen LogP contribution >= 0.6 is 0 Å². The fraction of sp³-hybridized carbons (Fsp3) is 0.700. The third-order valence-corrected chi connectivity index (χ3v) is 1.77. The number of ether oxygens (including phenoxy) is 2. The summed E-state index contributed by atoms with van der Waals surface area (Å²) >= 11 is 0. The molecule has 7 nitrogen and oxygen atoms in total. The summed E-state index contributed by atoms with van der Waals surface area (Å²) < 4.78 is 9.17. The van der Waals surface area contributed by atoms with E-state index in [0.717, 1.165) is 14.0 Å². The Labute approximate surface area is 99.1 Å². The number of carboxylic acids is 1. The van der Waals surface area contributed by atoms with Crippen LogP contribution in [0.5, 0.6) is 0 Å². The van der Waals surface area contributed by atoms with Crippen LogP contribution in [-0.2, 0) is 19.1 Å². The average molecular weight is 247 g/mol. The van der Waals surface area contributed by atoms with Crippen LogP contribution in [0.1, 0.15) is 27.7 Å². The molecule has 1 amide bonds. The summed E-state index contributed by atoms with van der Waals surface area (Å²) in [5.74, 6) is -2.62. The number of carbonyl (C=O) groups is 3. The highest BCUT2D eigenvalue weighted by Gasteiger charge is 2.45. The van der Waals surface area contributed by atoms with Crippen molar-refractivity contribution in [3.8, 4) is 0 Å². The number of amides is 1. The van der Waals surface area contributed by atoms with Crippen molar-refractivity contribution in [3.05, 3.63) is 0 Å². The number of carbonyl (C=O) groups excluding carboxylic acids is 2. The van der Waals surface area contributed by atoms with Crippen molar-refractivity contribution in [1.29, 1.82) is 0 Å². The molecule has 0 bridgehead atoms. The lowest BCUT2D eigenvalue weighted by molar-refractivity contribution is -0.160. The largest absolute Gasteiger partial charge is 0.479 e. The summed E-state index contributed by atoms with van der Waals surface area (Å²) in [6.45, 7) is 5.86. The average Bonchev–Trinajstić information content (AvgIpc) is 2.12. The predicted molar refractivity (Wildman–Crippen MR) is 57.4 cm³/mol. The van der Waals surface area contributed by atoms with Crippen LogP contribution in [0.4, 0.5) is 4.79 Å². The summed E-state index contributed by atoms with van der Waals surface area (Å²) in [5, 5.41) is 10.9. The molecule has 17 heavy (non-hydrogen) atoms. The normalized spacial score (nSPS) is 14.4. The van der Waals surface area contributed by atoms with Gasteiger partial charge in [-0.05, 0) is 27.7 Å². The summed E-state index contributed by atoms with van der Waals surface area (Å²) in [4.78, 5) is 33.6. The lowest BCUT2D eigenvalue weighted by Crippen LogP contribution is -2.59. The second-order valence-electron chi connectivity index (χ2n) is 4.55. The van der Waals surface area contributed by atoms with E-state index in [2.05, 4.69) is 4.74 Å². The van der Waals surface area contributed by atoms with Crippen LogP contribution in [0.25, 0.3) is 0 Å². The van der Waals surface area contributed by atoms with Crippen LogP contribution in [-0.4, -0.2) is 41.4 Å². The van der Waals surface area contributed by atoms with Gasteiger partial charge in [0, 0.05) is 0 Å². The summed E-state index contributed by atoms with van der Waals surface area (Å²) in [7, 11) is 1.03. The van der Waals surface area contributed by atoms with Gasteiger partial charge < -0.3 is 14.6 Å². The van der Waals surface area contributed by atoms with Crippen molar-refractivity contribution in [1.82, 2.24) is 5.32 Å². The van der Waals surface area contributed by atoms with E-state index in [0.29, 0.717) is 0 Å². The molecule has 7 heteroatoms. The van der Waals surface area contributed by atoms with Gasteiger partial charge in [-0.25, -0.2) is 14.4 Å². The van der Waals surface area contributed by atoms with Gasteiger partial charge in [0.05, 0.1) is 7.11 Å². The van der Waals surface area contributed by atoms with Gasteiger partial charge in [-0.1, -0.05) is 0 Å². The Balaban J connectivity index is 4.85. The van der Waals surface area contributed by atoms with Crippen LogP contribution < -0.4 is 5.32 Å². The van der Waals surface area contributed by atoms with Crippen molar-refractivity contribution >= 4 is 18.0 Å². The van der Waals surface area contributed by atoms with Crippen molar-refractivity contribution < 1.29 is 29.0 Å². The molecule has 1 atom stereocenters. The topological polar surface area (TPSA) is 102 Å². The molecule has 0 fully saturated rings. The van der Waals surface area contributed by atoms with Gasteiger partial charge in [0.2, 0.25) is 5.54 Å². The number of nitrogens with one attached hydrogen (secondary N) is 1. The Bertz CT molecular complexity index is 332. The monoisotopic (exact) mass is 247 g/mol. The number of aliphatic carboxylic acids is 1. The summed E-state index contributed by atoms with van der Waals surface area (Å²) in [6.07, 6.45) is -1.01. The van der Waals surface area contributed by atoms with E-state index in [4.69, 9.17) is 9.84 Å². The van der Waals surface area contributed by atoms with E-state index in [1.807, 2.05) is 5.32 Å². The highest BCUT2D eigenvalue weighted by Crippen LogP contribution is 2.11. The van der Waals surface area contributed by atoms with Crippen LogP contribution in [0.15, 0.2) is 0 Å². The van der Waals surface area contributed by atoms with Crippen molar-refractivity contribution in [2.45, 2.75) is 38.8 Å². The predicted octanol–water partition coefficient (Wildman–Crippen LogP) is 0.527. The Morgan fingerprint density at radius 3 is 1.88 bits per heavy atom. The summed E-state index contributed by atoms with van der Waals surface area (Å²) in [5.41, 5.74) is -2.96. The van der Waals surface area contributed by atoms with Crippen molar-refractivity contribution in [2.75, 3.05) is 7.11 Å². The molecule has 0 aromatic heterocycles. The van der Waals surface area contributed by atoms with Crippen molar-refractivity contribution in [3.63, 3.8) is 0 Å². The summed E-state index contributed by atoms with van der Waals surface area (Å²) in [6, 6.07) is 0. The Kier molecular flexibility index (Phi) is 4.50. The molecule has 0 aromatic carbocycles. The standard InChI is InChI=1S/C10H17NO6/c1-9(2,3)17-8(15)11-10(4,6(12)13)7(14)16-5/h1-5H3,(H,11,15)(H,12,13)/t10-/m1/s1. The molecule has 0 spiro atoms. The number of methoxy groups -OCH3 is 1. The third-order valence-electron chi connectivity index (χ3n) is 1.77. The highest BCUT2D eigenvalue weighted by atomic mass is 16.6. The Hall–Kier alpha value is -1.79. The zero-order chi connectivity index (χ0) is 13.9. The Morgan fingerprint density at radius 2 is 1.59 bits per heavy atom. The molecule has 0 aliphatic carbocycles. The molecular weight excluding hydrogens is 230 g/mol. The van der Waals surface area contributed by atoms with Crippen molar-refractivity contribution in [2.24, 2.45) is 0 Å². The molecule has 98 valence electrons. The highest BCUT2D eigenvalue weighted by molar-refractivity contribution is 6.05. The lowest BCUT2D eigenvalue weighted by Gasteiger charge is -2.26. The van der Waals surface area contributed by atoms with Crippen LogP contribution in [0, 0.1) is 0 Å². The first-order valence-corrected chi connectivity index (χ1v) is 4.86. The molecule has 0 aliphatic heterocycles. The number of rotatable bonds is 3. The first kappa shape index (κ1) is 15.2. The minimum absolute atomic E-state index is 0.792. The first-order chi connectivity index (χ1) is 7.53. The van der Waals surface area contributed by atoms with Crippen LogP contribution in [0.2, 0.25) is 0 Å². The molecule has 0 aromatic rings. The lowest BCUT2D eigenvalue weighted by atomic mass is 10.0. The molecular formula is C10H17NO6. The number of alkyl carbamates (subject to hydrolysis) is 1. The van der Waals surface area contributed by atoms with E-state index in [1.165, 1.54) is 0 Å². The van der Waals surface area contributed by atoms with Gasteiger partial charge >= 0.3 is 18.0 Å². The number of esters is 1. The maximum atomic E-state index is 11.4. The molecule has 0 unspecified atom stereocenters. The molecule has 0 aliphatic rings. The maximum Gasteiger partial charge on any atom is 0.409 e. The second kappa shape index (κ2) is 5.03. The van der Waals surface area contributed by atoms with Gasteiger partial charge in [0.15, 0.2) is 0 Å². The van der Waals surface area contributed by atoms with Gasteiger partial charge in [-0.15, -0.1) is 0 Å². The van der Waals surface area contributed by atoms with Gasteiger partial charge in [-0.3, -0.25) is 5.32 Å². The van der Waals surface area contributed by atoms with E-state index < -0.39 is 29.2 Å². The zero-order valence-electron chi connectivity index (χ0n) is 10.5. The molecule has 2 N–H and O–H groups in total. The first-order valence-electron chi connectivity index (χ1n) is 4.86. The minimum atomic E-state index is -2.17. The number of carboxylic acid groups (broad SMARTS) is 1. The van der Waals surface area contributed by atoms with Gasteiger partial charge in [-0.2, -0.15) is 0 Å². The zero-order valence-corrected chi connectivity index (χ0v) is 10.5. The molecule has 0 radical (unpaired) electrons. The van der Waals surface area contributed by atoms with E-state index >= 15 is 0 Å². The van der Waals surface area contributed by atoms with Gasteiger partial charge in [0.1, 0.15) is 5.60 Å². The van der Waals surface area contributed by atoms with E-state index in [9.17, 15) is 14.4 Å². The van der Waals surface area contributed by atoms with Gasteiger partial charge in [0.25, 0.3) is 0 Å². The fourth-order valence-electron chi connectivity index (χ4n) is 0.904.